The van der Waals surface area contributed by atoms with Gasteiger partial charge in [-0.1, -0.05) is 34.6 Å². The average molecular weight is 343 g/mol. The topological polar surface area (TPSA) is 47.4 Å². The highest BCUT2D eigenvalue weighted by atomic mass is 19.3. The summed E-state index contributed by atoms with van der Waals surface area (Å²) in [7, 11) is 0. The first-order chi connectivity index (χ1) is 11.1. The summed E-state index contributed by atoms with van der Waals surface area (Å²) in [6.45, 7) is 11.8. The molecule has 0 saturated carbocycles. The van der Waals surface area contributed by atoms with E-state index in [1.165, 1.54) is 10.9 Å². The molecule has 1 aromatic rings. The first-order valence-corrected chi connectivity index (χ1v) is 8.36. The first-order valence-electron chi connectivity index (χ1n) is 8.36. The maximum atomic E-state index is 13.3. The van der Waals surface area contributed by atoms with Crippen molar-refractivity contribution in [3.63, 3.8) is 0 Å². The van der Waals surface area contributed by atoms with E-state index in [0.29, 0.717) is 26.2 Å². The molecule has 1 atom stereocenters. The van der Waals surface area contributed by atoms with Crippen LogP contribution >= 0.6 is 0 Å². The molecule has 2 heterocycles. The van der Waals surface area contributed by atoms with Crippen molar-refractivity contribution in [2.24, 2.45) is 11.3 Å². The standard InChI is InChI=1S/C17H27F2N3O2/c1-11(2)8-22-9-12(14(20-22)15(18)19)16(23)21-6-7-24-13(10-21)17(3,4)5/h9,11,13,15H,6-8,10H2,1-5H3/t13-/m1/s1. The second-order valence-corrected chi connectivity index (χ2v) is 7.82. The molecule has 2 rings (SSSR count). The van der Waals surface area contributed by atoms with E-state index in [9.17, 15) is 13.6 Å². The third-order valence-electron chi connectivity index (χ3n) is 4.10. The summed E-state index contributed by atoms with van der Waals surface area (Å²) in [6.07, 6.45) is -1.43. The zero-order valence-corrected chi connectivity index (χ0v) is 15.1. The zero-order valence-electron chi connectivity index (χ0n) is 15.1. The van der Waals surface area contributed by atoms with Crippen LogP contribution in [0, 0.1) is 11.3 Å². The minimum atomic E-state index is -2.77. The normalized spacial score (nSPS) is 19.4. The van der Waals surface area contributed by atoms with Gasteiger partial charge in [-0.05, 0) is 11.3 Å². The highest BCUT2D eigenvalue weighted by molar-refractivity contribution is 5.95. The predicted octanol–water partition coefficient (Wildman–Crippen LogP) is 3.36. The second-order valence-electron chi connectivity index (χ2n) is 7.82. The first kappa shape index (κ1) is 18.8. The van der Waals surface area contributed by atoms with E-state index in [0.717, 1.165) is 0 Å². The van der Waals surface area contributed by atoms with Gasteiger partial charge in [0.05, 0.1) is 18.3 Å². The molecule has 1 saturated heterocycles. The fourth-order valence-electron chi connectivity index (χ4n) is 2.76. The maximum Gasteiger partial charge on any atom is 0.282 e. The van der Waals surface area contributed by atoms with Crippen molar-refractivity contribution in [3.8, 4) is 0 Å². The van der Waals surface area contributed by atoms with Gasteiger partial charge in [-0.3, -0.25) is 9.48 Å². The van der Waals surface area contributed by atoms with Crippen LogP contribution in [0.2, 0.25) is 0 Å². The van der Waals surface area contributed by atoms with Gasteiger partial charge in [0.15, 0.2) is 0 Å². The summed E-state index contributed by atoms with van der Waals surface area (Å²) in [4.78, 5) is 14.4. The van der Waals surface area contributed by atoms with E-state index in [1.54, 1.807) is 4.90 Å². The Bertz CT molecular complexity index is 579. The third-order valence-corrected chi connectivity index (χ3v) is 4.10. The van der Waals surface area contributed by atoms with E-state index in [4.69, 9.17) is 4.74 Å². The number of hydrogen-bond acceptors (Lipinski definition) is 3. The molecule has 0 aromatic carbocycles. The number of morpholine rings is 1. The van der Waals surface area contributed by atoms with Crippen LogP contribution in [0.4, 0.5) is 8.78 Å². The Kier molecular flexibility index (Phi) is 5.63. The van der Waals surface area contributed by atoms with Crippen LogP contribution < -0.4 is 0 Å². The molecule has 1 amide bonds. The number of rotatable bonds is 4. The molecule has 1 aliphatic rings. The number of carbonyl (C=O) groups excluding carboxylic acids is 1. The van der Waals surface area contributed by atoms with Crippen LogP contribution in [0.25, 0.3) is 0 Å². The fourth-order valence-corrected chi connectivity index (χ4v) is 2.76. The number of alkyl halides is 2. The molecule has 0 N–H and O–H groups in total. The maximum absolute atomic E-state index is 13.3. The van der Waals surface area contributed by atoms with E-state index < -0.39 is 18.0 Å². The van der Waals surface area contributed by atoms with Gasteiger partial charge in [0, 0.05) is 25.8 Å². The van der Waals surface area contributed by atoms with Crippen LogP contribution in [0.5, 0.6) is 0 Å². The van der Waals surface area contributed by atoms with E-state index in [-0.39, 0.29) is 23.0 Å². The Morgan fingerprint density at radius 3 is 2.62 bits per heavy atom. The number of hydrogen-bond donors (Lipinski definition) is 0. The number of amides is 1. The molecular weight excluding hydrogens is 316 g/mol. The Morgan fingerprint density at radius 1 is 1.42 bits per heavy atom. The van der Waals surface area contributed by atoms with Gasteiger partial charge in [-0.2, -0.15) is 5.10 Å². The quantitative estimate of drug-likeness (QED) is 0.842. The lowest BCUT2D eigenvalue weighted by molar-refractivity contribution is -0.0707. The van der Waals surface area contributed by atoms with Gasteiger partial charge in [0.2, 0.25) is 0 Å². The molecule has 136 valence electrons. The van der Waals surface area contributed by atoms with Gasteiger partial charge < -0.3 is 9.64 Å². The van der Waals surface area contributed by atoms with Crippen molar-refractivity contribution < 1.29 is 18.3 Å². The number of aromatic nitrogens is 2. The molecule has 0 radical (unpaired) electrons. The summed E-state index contributed by atoms with van der Waals surface area (Å²) in [5.74, 6) is -0.134. The zero-order chi connectivity index (χ0) is 18.1. The smallest absolute Gasteiger partial charge is 0.282 e. The Labute approximate surface area is 142 Å². The molecule has 1 aliphatic heterocycles. The molecule has 0 aliphatic carbocycles. The van der Waals surface area contributed by atoms with E-state index in [1.807, 2.05) is 34.6 Å². The lowest BCUT2D eigenvalue weighted by atomic mass is 9.88. The highest BCUT2D eigenvalue weighted by Crippen LogP contribution is 2.28. The lowest BCUT2D eigenvalue weighted by Crippen LogP contribution is -2.50. The largest absolute Gasteiger partial charge is 0.374 e. The summed E-state index contributed by atoms with van der Waals surface area (Å²) >= 11 is 0. The molecule has 1 aromatic heterocycles. The summed E-state index contributed by atoms with van der Waals surface area (Å²) in [6, 6.07) is 0. The van der Waals surface area contributed by atoms with E-state index >= 15 is 0 Å². The van der Waals surface area contributed by atoms with Gasteiger partial charge in [0.25, 0.3) is 12.3 Å². The van der Waals surface area contributed by atoms with Crippen molar-refractivity contribution in [1.82, 2.24) is 14.7 Å². The van der Waals surface area contributed by atoms with Crippen molar-refractivity contribution in [2.75, 3.05) is 19.7 Å². The Balaban J connectivity index is 2.23. The number of carbonyl (C=O) groups is 1. The fraction of sp³-hybridized carbons (Fsp3) is 0.765. The minimum Gasteiger partial charge on any atom is -0.374 e. The molecule has 7 heteroatoms. The third kappa shape index (κ3) is 4.32. The summed E-state index contributed by atoms with van der Waals surface area (Å²) in [5.41, 5.74) is -0.550. The number of halogens is 2. The van der Waals surface area contributed by atoms with Gasteiger partial charge in [-0.15, -0.1) is 0 Å². The summed E-state index contributed by atoms with van der Waals surface area (Å²) in [5, 5.41) is 3.92. The molecule has 5 nitrogen and oxygen atoms in total. The minimum absolute atomic E-state index is 0.000194. The molecule has 0 unspecified atom stereocenters. The van der Waals surface area contributed by atoms with Gasteiger partial charge >= 0.3 is 0 Å². The SMILES string of the molecule is CC(C)Cn1cc(C(=O)N2CCO[C@@H](C(C)(C)C)C2)c(C(F)F)n1. The van der Waals surface area contributed by atoms with Crippen molar-refractivity contribution >= 4 is 5.91 Å². The van der Waals surface area contributed by atoms with Crippen molar-refractivity contribution in [1.29, 1.82) is 0 Å². The lowest BCUT2D eigenvalue weighted by Gasteiger charge is -2.39. The second kappa shape index (κ2) is 7.17. The van der Waals surface area contributed by atoms with Crippen LogP contribution in [-0.2, 0) is 11.3 Å². The highest BCUT2D eigenvalue weighted by Gasteiger charge is 2.35. The van der Waals surface area contributed by atoms with Crippen molar-refractivity contribution in [2.45, 2.75) is 53.7 Å². The van der Waals surface area contributed by atoms with Crippen LogP contribution in [0.15, 0.2) is 6.20 Å². The molecule has 0 bridgehead atoms. The monoisotopic (exact) mass is 343 g/mol. The van der Waals surface area contributed by atoms with Gasteiger partial charge in [0.1, 0.15) is 5.69 Å². The Morgan fingerprint density at radius 2 is 2.08 bits per heavy atom. The van der Waals surface area contributed by atoms with Crippen molar-refractivity contribution in [3.05, 3.63) is 17.5 Å². The molecular formula is C17H27F2N3O2. The van der Waals surface area contributed by atoms with Crippen LogP contribution in [0.3, 0.4) is 0 Å². The molecule has 1 fully saturated rings. The number of ether oxygens (including phenoxy) is 1. The Hall–Kier alpha value is -1.50. The molecule has 24 heavy (non-hydrogen) atoms. The van der Waals surface area contributed by atoms with Crippen LogP contribution in [0.1, 0.15) is 57.1 Å². The summed E-state index contributed by atoms with van der Waals surface area (Å²) < 4.78 is 33.8. The molecule has 0 spiro atoms. The average Bonchev–Trinajstić information content (AvgIpc) is 2.89. The van der Waals surface area contributed by atoms with Crippen LogP contribution in [-0.4, -0.2) is 46.4 Å². The van der Waals surface area contributed by atoms with Gasteiger partial charge in [-0.25, -0.2) is 8.78 Å². The van der Waals surface area contributed by atoms with E-state index in [2.05, 4.69) is 5.10 Å². The predicted molar refractivity (Wildman–Crippen MR) is 87.1 cm³/mol. The number of nitrogens with zero attached hydrogens (tertiary/aromatic N) is 3.